The van der Waals surface area contributed by atoms with Gasteiger partial charge in [0.25, 0.3) is 0 Å². The number of methoxy groups -OCH3 is 1. The highest BCUT2D eigenvalue weighted by atomic mass is 35.5. The van der Waals surface area contributed by atoms with Crippen LogP contribution in [0.5, 0.6) is 5.75 Å². The van der Waals surface area contributed by atoms with E-state index in [0.29, 0.717) is 25.5 Å². The fourth-order valence-electron chi connectivity index (χ4n) is 1.37. The Balaban J connectivity index is 2.90. The maximum atomic E-state index is 11.6. The van der Waals surface area contributed by atoms with Gasteiger partial charge in [0, 0.05) is 12.3 Å². The largest absolute Gasteiger partial charge is 0.489 e. The molecule has 1 aromatic carbocycles. The maximum absolute atomic E-state index is 11.6. The molecule has 1 rings (SSSR count). The molecule has 1 aromatic rings. The standard InChI is InChI=1S/C12H16ClNO4/c1-3-17-4-5-18-11-9(12(15)16-2)6-8(14)7-10(11)13/h6-7H,3-5,14H2,1-2H3. The summed E-state index contributed by atoms with van der Waals surface area (Å²) >= 11 is 5.99. The summed E-state index contributed by atoms with van der Waals surface area (Å²) in [5, 5.41) is 0.270. The van der Waals surface area contributed by atoms with Gasteiger partial charge in [-0.25, -0.2) is 4.79 Å². The summed E-state index contributed by atoms with van der Waals surface area (Å²) in [4.78, 5) is 11.6. The number of benzene rings is 1. The molecule has 0 aromatic heterocycles. The monoisotopic (exact) mass is 273 g/mol. The molecule has 0 atom stereocenters. The minimum atomic E-state index is -0.546. The van der Waals surface area contributed by atoms with Gasteiger partial charge in [-0.2, -0.15) is 0 Å². The third kappa shape index (κ3) is 3.78. The Bertz CT molecular complexity index is 423. The first kappa shape index (κ1) is 14.6. The topological polar surface area (TPSA) is 70.8 Å². The number of nitrogen functional groups attached to an aromatic ring is 1. The fourth-order valence-corrected chi connectivity index (χ4v) is 1.65. The average Bonchev–Trinajstić information content (AvgIpc) is 2.35. The molecule has 0 heterocycles. The SMILES string of the molecule is CCOCCOc1c(Cl)cc(N)cc1C(=O)OC. The minimum absolute atomic E-state index is 0.207. The van der Waals surface area contributed by atoms with Crippen molar-refractivity contribution in [2.24, 2.45) is 0 Å². The van der Waals surface area contributed by atoms with E-state index >= 15 is 0 Å². The zero-order chi connectivity index (χ0) is 13.5. The highest BCUT2D eigenvalue weighted by Crippen LogP contribution is 2.32. The van der Waals surface area contributed by atoms with Gasteiger partial charge in [-0.3, -0.25) is 0 Å². The molecule has 0 saturated carbocycles. The van der Waals surface area contributed by atoms with E-state index in [1.165, 1.54) is 19.2 Å². The van der Waals surface area contributed by atoms with Crippen LogP contribution in [0.3, 0.4) is 0 Å². The Labute approximate surface area is 111 Å². The van der Waals surface area contributed by atoms with Gasteiger partial charge < -0.3 is 19.9 Å². The van der Waals surface area contributed by atoms with Crippen LogP contribution in [0.4, 0.5) is 5.69 Å². The lowest BCUT2D eigenvalue weighted by atomic mass is 10.2. The molecule has 0 radical (unpaired) electrons. The fraction of sp³-hybridized carbons (Fsp3) is 0.417. The first-order valence-corrected chi connectivity index (χ1v) is 5.85. The predicted octanol–water partition coefficient (Wildman–Crippen LogP) is 2.12. The van der Waals surface area contributed by atoms with Crippen LogP contribution in [-0.2, 0) is 9.47 Å². The molecule has 2 N–H and O–H groups in total. The van der Waals surface area contributed by atoms with E-state index in [1.807, 2.05) is 6.92 Å². The summed E-state index contributed by atoms with van der Waals surface area (Å²) in [6.45, 7) is 3.19. The minimum Gasteiger partial charge on any atom is -0.489 e. The number of nitrogens with two attached hydrogens (primary N) is 1. The number of anilines is 1. The van der Waals surface area contributed by atoms with Crippen molar-refractivity contribution in [3.05, 3.63) is 22.7 Å². The molecule has 18 heavy (non-hydrogen) atoms. The van der Waals surface area contributed by atoms with Gasteiger partial charge in [-0.05, 0) is 19.1 Å². The summed E-state index contributed by atoms with van der Waals surface area (Å²) in [5.41, 5.74) is 6.20. The Kier molecular flexibility index (Phi) is 5.74. The zero-order valence-electron chi connectivity index (χ0n) is 10.4. The summed E-state index contributed by atoms with van der Waals surface area (Å²) < 4.78 is 15.2. The van der Waals surface area contributed by atoms with Crippen molar-refractivity contribution in [3.8, 4) is 5.75 Å². The summed E-state index contributed by atoms with van der Waals surface area (Å²) in [6, 6.07) is 2.98. The summed E-state index contributed by atoms with van der Waals surface area (Å²) in [6.07, 6.45) is 0. The third-order valence-corrected chi connectivity index (χ3v) is 2.43. The number of esters is 1. The van der Waals surface area contributed by atoms with Crippen molar-refractivity contribution < 1.29 is 19.0 Å². The third-order valence-electron chi connectivity index (χ3n) is 2.15. The molecule has 0 spiro atoms. The molecular formula is C12H16ClNO4. The number of hydrogen-bond acceptors (Lipinski definition) is 5. The second kappa shape index (κ2) is 7.08. The highest BCUT2D eigenvalue weighted by Gasteiger charge is 2.17. The molecule has 100 valence electrons. The molecule has 0 aliphatic rings. The number of ether oxygens (including phenoxy) is 3. The molecule has 0 aliphatic heterocycles. The summed E-state index contributed by atoms with van der Waals surface area (Å²) in [5.74, 6) is -0.284. The summed E-state index contributed by atoms with van der Waals surface area (Å²) in [7, 11) is 1.28. The average molecular weight is 274 g/mol. The second-order valence-electron chi connectivity index (χ2n) is 3.42. The van der Waals surface area contributed by atoms with Crippen LogP contribution in [-0.4, -0.2) is 32.9 Å². The van der Waals surface area contributed by atoms with Crippen molar-refractivity contribution >= 4 is 23.3 Å². The van der Waals surface area contributed by atoms with Gasteiger partial charge >= 0.3 is 5.97 Å². The molecule has 0 bridgehead atoms. The number of halogens is 1. The van der Waals surface area contributed by atoms with E-state index < -0.39 is 5.97 Å². The normalized spacial score (nSPS) is 10.2. The Hall–Kier alpha value is -1.46. The van der Waals surface area contributed by atoms with Crippen LogP contribution in [0.2, 0.25) is 5.02 Å². The maximum Gasteiger partial charge on any atom is 0.341 e. The first-order chi connectivity index (χ1) is 8.60. The van der Waals surface area contributed by atoms with Crippen molar-refractivity contribution in [2.45, 2.75) is 6.92 Å². The van der Waals surface area contributed by atoms with E-state index in [-0.39, 0.29) is 16.3 Å². The van der Waals surface area contributed by atoms with Gasteiger partial charge in [0.2, 0.25) is 0 Å². The molecular weight excluding hydrogens is 258 g/mol. The van der Waals surface area contributed by atoms with E-state index in [0.717, 1.165) is 0 Å². The van der Waals surface area contributed by atoms with E-state index in [2.05, 4.69) is 4.74 Å². The van der Waals surface area contributed by atoms with Crippen molar-refractivity contribution in [1.29, 1.82) is 0 Å². The lowest BCUT2D eigenvalue weighted by Gasteiger charge is -2.12. The molecule has 6 heteroatoms. The number of carbonyl (C=O) groups is 1. The second-order valence-corrected chi connectivity index (χ2v) is 3.82. The Morgan fingerprint density at radius 3 is 2.72 bits per heavy atom. The lowest BCUT2D eigenvalue weighted by Crippen LogP contribution is -2.11. The van der Waals surface area contributed by atoms with Gasteiger partial charge in [-0.1, -0.05) is 11.6 Å². The number of hydrogen-bond donors (Lipinski definition) is 1. The first-order valence-electron chi connectivity index (χ1n) is 5.48. The van der Waals surface area contributed by atoms with Gasteiger partial charge in [0.15, 0.2) is 5.75 Å². The van der Waals surface area contributed by atoms with Crippen LogP contribution >= 0.6 is 11.6 Å². The van der Waals surface area contributed by atoms with Gasteiger partial charge in [-0.15, -0.1) is 0 Å². The Morgan fingerprint density at radius 2 is 2.11 bits per heavy atom. The molecule has 0 unspecified atom stereocenters. The van der Waals surface area contributed by atoms with Crippen LogP contribution in [0.15, 0.2) is 12.1 Å². The van der Waals surface area contributed by atoms with Crippen LogP contribution < -0.4 is 10.5 Å². The number of carbonyl (C=O) groups excluding carboxylic acids is 1. The molecule has 0 fully saturated rings. The number of rotatable bonds is 6. The van der Waals surface area contributed by atoms with Crippen molar-refractivity contribution in [1.82, 2.24) is 0 Å². The van der Waals surface area contributed by atoms with Crippen LogP contribution in [0.1, 0.15) is 17.3 Å². The molecule has 0 saturated heterocycles. The molecule has 0 amide bonds. The molecule has 5 nitrogen and oxygen atoms in total. The quantitative estimate of drug-likeness (QED) is 0.488. The molecule has 0 aliphatic carbocycles. The Morgan fingerprint density at radius 1 is 1.39 bits per heavy atom. The smallest absolute Gasteiger partial charge is 0.341 e. The van der Waals surface area contributed by atoms with E-state index in [1.54, 1.807) is 0 Å². The van der Waals surface area contributed by atoms with Crippen LogP contribution in [0, 0.1) is 0 Å². The lowest BCUT2D eigenvalue weighted by molar-refractivity contribution is 0.0592. The highest BCUT2D eigenvalue weighted by molar-refractivity contribution is 6.33. The van der Waals surface area contributed by atoms with Crippen LogP contribution in [0.25, 0.3) is 0 Å². The van der Waals surface area contributed by atoms with Crippen molar-refractivity contribution in [3.63, 3.8) is 0 Å². The van der Waals surface area contributed by atoms with Crippen molar-refractivity contribution in [2.75, 3.05) is 32.7 Å². The predicted molar refractivity (Wildman–Crippen MR) is 69.2 cm³/mol. The van der Waals surface area contributed by atoms with E-state index in [9.17, 15) is 4.79 Å². The van der Waals surface area contributed by atoms with Gasteiger partial charge in [0.1, 0.15) is 12.2 Å². The van der Waals surface area contributed by atoms with E-state index in [4.69, 9.17) is 26.8 Å². The zero-order valence-corrected chi connectivity index (χ0v) is 11.1. The van der Waals surface area contributed by atoms with Gasteiger partial charge in [0.05, 0.1) is 18.7 Å².